The molecule has 1 amide bonds. The number of hydrogen-bond donors (Lipinski definition) is 0. The van der Waals surface area contributed by atoms with Gasteiger partial charge in [-0.05, 0) is 69.0 Å². The van der Waals surface area contributed by atoms with Gasteiger partial charge in [-0.2, -0.15) is 0 Å². The summed E-state index contributed by atoms with van der Waals surface area (Å²) >= 11 is 0. The second-order valence-electron chi connectivity index (χ2n) is 7.81. The summed E-state index contributed by atoms with van der Waals surface area (Å²) in [5, 5.41) is 0. The Morgan fingerprint density at radius 1 is 1.07 bits per heavy atom. The molecule has 0 saturated carbocycles. The third-order valence-corrected chi connectivity index (χ3v) is 7.25. The van der Waals surface area contributed by atoms with E-state index in [2.05, 4.69) is 6.92 Å². The highest BCUT2D eigenvalue weighted by Gasteiger charge is 2.30. The predicted octanol–water partition coefficient (Wildman–Crippen LogP) is 3.85. The van der Waals surface area contributed by atoms with E-state index in [1.165, 1.54) is 4.31 Å². The molecule has 2 aromatic rings. The zero-order valence-electron chi connectivity index (χ0n) is 17.9. The van der Waals surface area contributed by atoms with E-state index in [-0.39, 0.29) is 17.3 Å². The first kappa shape index (κ1) is 22.2. The van der Waals surface area contributed by atoms with Crippen molar-refractivity contribution in [3.05, 3.63) is 54.1 Å². The van der Waals surface area contributed by atoms with Gasteiger partial charge in [0.1, 0.15) is 12.3 Å². The number of amides is 1. The van der Waals surface area contributed by atoms with Gasteiger partial charge in [0.2, 0.25) is 5.91 Å². The first-order valence-corrected chi connectivity index (χ1v) is 11.9. The molecule has 2 aromatic carbocycles. The molecule has 0 bridgehead atoms. The van der Waals surface area contributed by atoms with Gasteiger partial charge >= 0.3 is 0 Å². The van der Waals surface area contributed by atoms with Gasteiger partial charge in [0.05, 0.1) is 17.2 Å². The lowest BCUT2D eigenvalue weighted by molar-refractivity contribution is -0.130. The fraction of sp³-hybridized carbons (Fsp3) is 0.435. The lowest BCUT2D eigenvalue weighted by atomic mass is 9.99. The number of carbonyl (C=O) groups excluding carboxylic acids is 1. The molecule has 1 fully saturated rings. The van der Waals surface area contributed by atoms with Crippen molar-refractivity contribution in [1.29, 1.82) is 0 Å². The third-order valence-electron chi connectivity index (χ3n) is 5.46. The minimum atomic E-state index is -3.90. The average Bonchev–Trinajstić information content (AvgIpc) is 2.73. The molecule has 30 heavy (non-hydrogen) atoms. The topological polar surface area (TPSA) is 66.9 Å². The lowest BCUT2D eigenvalue weighted by Gasteiger charge is -2.32. The monoisotopic (exact) mass is 430 g/mol. The maximum Gasteiger partial charge on any atom is 0.264 e. The van der Waals surface area contributed by atoms with Crippen LogP contribution in [0.15, 0.2) is 53.4 Å². The summed E-state index contributed by atoms with van der Waals surface area (Å²) in [7, 11) is -3.90. The van der Waals surface area contributed by atoms with Crippen LogP contribution in [0.3, 0.4) is 0 Å². The van der Waals surface area contributed by atoms with Crippen LogP contribution in [0, 0.1) is 12.8 Å². The molecule has 1 aliphatic heterocycles. The number of nitrogens with zero attached hydrogens (tertiary/aromatic N) is 2. The average molecular weight is 431 g/mol. The molecule has 0 radical (unpaired) electrons. The van der Waals surface area contributed by atoms with Crippen LogP contribution < -0.4 is 9.04 Å². The van der Waals surface area contributed by atoms with E-state index < -0.39 is 10.0 Å². The molecule has 0 N–H and O–H groups in total. The maximum atomic E-state index is 13.4. The smallest absolute Gasteiger partial charge is 0.264 e. The number of benzene rings is 2. The highest BCUT2D eigenvalue weighted by molar-refractivity contribution is 7.92. The van der Waals surface area contributed by atoms with Crippen LogP contribution in [0.2, 0.25) is 0 Å². The number of sulfonamides is 1. The largest absolute Gasteiger partial charge is 0.494 e. The standard InChI is InChI=1S/C23H30N2O4S/c1-4-29-21-9-7-20(8-10-21)25(17-23(26)24-15-13-19(3)14-16-24)30(27,28)22-11-5-18(2)6-12-22/h5-12,19H,4,13-17H2,1-3H3. The second kappa shape index (κ2) is 9.51. The van der Waals surface area contributed by atoms with E-state index in [1.807, 2.05) is 13.8 Å². The highest BCUT2D eigenvalue weighted by Crippen LogP contribution is 2.27. The van der Waals surface area contributed by atoms with E-state index in [4.69, 9.17) is 4.74 Å². The van der Waals surface area contributed by atoms with E-state index in [0.717, 1.165) is 18.4 Å². The van der Waals surface area contributed by atoms with Crippen molar-refractivity contribution >= 4 is 21.6 Å². The Kier molecular flexibility index (Phi) is 7.02. The van der Waals surface area contributed by atoms with E-state index in [1.54, 1.807) is 53.4 Å². The van der Waals surface area contributed by atoms with Crippen molar-refractivity contribution in [2.24, 2.45) is 5.92 Å². The fourth-order valence-electron chi connectivity index (χ4n) is 3.51. The normalized spacial score (nSPS) is 15.1. The van der Waals surface area contributed by atoms with E-state index >= 15 is 0 Å². The molecule has 7 heteroatoms. The summed E-state index contributed by atoms with van der Waals surface area (Å²) < 4.78 is 33.6. The van der Waals surface area contributed by atoms with Gasteiger partial charge in [0.25, 0.3) is 10.0 Å². The summed E-state index contributed by atoms with van der Waals surface area (Å²) in [6, 6.07) is 13.5. The molecular formula is C23H30N2O4S. The Bertz CT molecular complexity index is 948. The van der Waals surface area contributed by atoms with Gasteiger partial charge in [0.15, 0.2) is 0 Å². The Morgan fingerprint density at radius 3 is 2.23 bits per heavy atom. The summed E-state index contributed by atoms with van der Waals surface area (Å²) in [4.78, 5) is 14.9. The van der Waals surface area contributed by atoms with Crippen LogP contribution in [-0.2, 0) is 14.8 Å². The molecule has 162 valence electrons. The van der Waals surface area contributed by atoms with Gasteiger partial charge in [-0.3, -0.25) is 9.10 Å². The summed E-state index contributed by atoms with van der Waals surface area (Å²) in [5.41, 5.74) is 1.41. The van der Waals surface area contributed by atoms with Gasteiger partial charge in [-0.25, -0.2) is 8.42 Å². The number of carbonyl (C=O) groups is 1. The SMILES string of the molecule is CCOc1ccc(N(CC(=O)N2CCC(C)CC2)S(=O)(=O)c2ccc(C)cc2)cc1. The Labute approximate surface area is 179 Å². The second-order valence-corrected chi connectivity index (χ2v) is 9.68. The minimum absolute atomic E-state index is 0.169. The summed E-state index contributed by atoms with van der Waals surface area (Å²) in [5.74, 6) is 1.07. The Balaban J connectivity index is 1.91. The van der Waals surface area contributed by atoms with Crippen molar-refractivity contribution in [2.45, 2.75) is 38.5 Å². The molecular weight excluding hydrogens is 400 g/mol. The summed E-state index contributed by atoms with van der Waals surface area (Å²) in [6.45, 7) is 7.61. The first-order valence-electron chi connectivity index (χ1n) is 10.4. The molecule has 0 spiro atoms. The van der Waals surface area contributed by atoms with Crippen molar-refractivity contribution in [2.75, 3.05) is 30.5 Å². The molecule has 0 unspecified atom stereocenters. The molecule has 1 heterocycles. The number of anilines is 1. The van der Waals surface area contributed by atoms with Crippen LogP contribution in [0.25, 0.3) is 0 Å². The van der Waals surface area contributed by atoms with Crippen LogP contribution in [0.1, 0.15) is 32.3 Å². The molecule has 1 aliphatic rings. The van der Waals surface area contributed by atoms with Crippen LogP contribution >= 0.6 is 0 Å². The molecule has 3 rings (SSSR count). The maximum absolute atomic E-state index is 13.4. The quantitative estimate of drug-likeness (QED) is 0.669. The summed E-state index contributed by atoms with van der Waals surface area (Å²) in [6.07, 6.45) is 1.89. The minimum Gasteiger partial charge on any atom is -0.494 e. The predicted molar refractivity (Wildman–Crippen MR) is 118 cm³/mol. The number of piperidine rings is 1. The third kappa shape index (κ3) is 5.14. The molecule has 0 aliphatic carbocycles. The lowest BCUT2D eigenvalue weighted by Crippen LogP contribution is -2.45. The first-order chi connectivity index (χ1) is 14.3. The van der Waals surface area contributed by atoms with Crippen molar-refractivity contribution in [3.63, 3.8) is 0 Å². The highest BCUT2D eigenvalue weighted by atomic mass is 32.2. The van der Waals surface area contributed by atoms with Crippen LogP contribution in [0.4, 0.5) is 5.69 Å². The fourth-order valence-corrected chi connectivity index (χ4v) is 4.92. The number of likely N-dealkylation sites (tertiary alicyclic amines) is 1. The van der Waals surface area contributed by atoms with Crippen molar-refractivity contribution < 1.29 is 17.9 Å². The van der Waals surface area contributed by atoms with Gasteiger partial charge in [-0.1, -0.05) is 24.6 Å². The van der Waals surface area contributed by atoms with E-state index in [9.17, 15) is 13.2 Å². The van der Waals surface area contributed by atoms with Crippen LogP contribution in [0.5, 0.6) is 5.75 Å². The van der Waals surface area contributed by atoms with Crippen molar-refractivity contribution in [3.8, 4) is 5.75 Å². The number of rotatable bonds is 7. The van der Waals surface area contributed by atoms with Gasteiger partial charge in [0, 0.05) is 13.1 Å². The molecule has 6 nitrogen and oxygen atoms in total. The molecule has 1 saturated heterocycles. The van der Waals surface area contributed by atoms with Crippen LogP contribution in [-0.4, -0.2) is 45.5 Å². The number of hydrogen-bond acceptors (Lipinski definition) is 4. The van der Waals surface area contributed by atoms with E-state index in [0.29, 0.717) is 37.1 Å². The van der Waals surface area contributed by atoms with Gasteiger partial charge < -0.3 is 9.64 Å². The number of ether oxygens (including phenoxy) is 1. The Hall–Kier alpha value is -2.54. The molecule has 0 aromatic heterocycles. The zero-order chi connectivity index (χ0) is 21.7. The zero-order valence-corrected chi connectivity index (χ0v) is 18.7. The molecule has 0 atom stereocenters. The Morgan fingerprint density at radius 2 is 1.67 bits per heavy atom. The number of aryl methyl sites for hydroxylation is 1. The van der Waals surface area contributed by atoms with Crippen molar-refractivity contribution in [1.82, 2.24) is 4.90 Å². The van der Waals surface area contributed by atoms with Gasteiger partial charge in [-0.15, -0.1) is 0 Å².